The van der Waals surface area contributed by atoms with E-state index in [2.05, 4.69) is 10.2 Å². The van der Waals surface area contributed by atoms with Crippen molar-refractivity contribution in [3.63, 3.8) is 0 Å². The Morgan fingerprint density at radius 3 is 2.25 bits per heavy atom. The average molecular weight is 275 g/mol. The van der Waals surface area contributed by atoms with Crippen LogP contribution in [0.2, 0.25) is 0 Å². The van der Waals surface area contributed by atoms with Crippen LogP contribution in [-0.4, -0.2) is 30.4 Å². The van der Waals surface area contributed by atoms with Crippen LogP contribution in [0.1, 0.15) is 37.7 Å². The fourth-order valence-electron chi connectivity index (χ4n) is 2.60. The zero-order chi connectivity index (χ0) is 14.2. The monoisotopic (exact) mass is 275 g/mol. The number of carbonyl (C=O) groups is 1. The van der Waals surface area contributed by atoms with Crippen LogP contribution in [0.3, 0.4) is 0 Å². The molecule has 0 radical (unpaired) electrons. The number of nitrogens with two attached hydrogens (primary N) is 1. The van der Waals surface area contributed by atoms with Crippen molar-refractivity contribution in [3.05, 3.63) is 29.8 Å². The number of nitrogens with zero attached hydrogens (tertiary/aromatic N) is 1. The van der Waals surface area contributed by atoms with Gasteiger partial charge in [0.1, 0.15) is 0 Å². The Labute approximate surface area is 121 Å². The molecule has 1 aliphatic heterocycles. The molecule has 1 heterocycles. The molecule has 1 amide bonds. The van der Waals surface area contributed by atoms with Crippen molar-refractivity contribution in [3.8, 4) is 0 Å². The summed E-state index contributed by atoms with van der Waals surface area (Å²) in [6, 6.07) is 7.72. The summed E-state index contributed by atoms with van der Waals surface area (Å²) >= 11 is 0. The van der Waals surface area contributed by atoms with Crippen LogP contribution in [0.25, 0.3) is 0 Å². The quantitative estimate of drug-likeness (QED) is 0.887. The minimum absolute atomic E-state index is 0.0751. The minimum Gasteiger partial charge on any atom is -0.326 e. The standard InChI is InChI=1S/C16H25N3O/c17-12-14-6-8-15(9-7-14)18-16(20)13-19-10-4-2-1-3-5-11-19/h6-9H,1-5,10-13,17H2,(H,18,20). The van der Waals surface area contributed by atoms with Gasteiger partial charge in [0.2, 0.25) is 5.91 Å². The van der Waals surface area contributed by atoms with Crippen molar-refractivity contribution in [2.45, 2.75) is 38.6 Å². The van der Waals surface area contributed by atoms with Crippen molar-refractivity contribution in [1.82, 2.24) is 4.90 Å². The lowest BCUT2D eigenvalue weighted by Gasteiger charge is -2.23. The summed E-state index contributed by atoms with van der Waals surface area (Å²) in [6.07, 6.45) is 6.34. The van der Waals surface area contributed by atoms with Crippen LogP contribution in [0.4, 0.5) is 5.69 Å². The molecule has 3 N–H and O–H groups in total. The van der Waals surface area contributed by atoms with Gasteiger partial charge in [-0.05, 0) is 43.6 Å². The molecule has 0 saturated carbocycles. The highest BCUT2D eigenvalue weighted by molar-refractivity contribution is 5.92. The summed E-state index contributed by atoms with van der Waals surface area (Å²) < 4.78 is 0. The fourth-order valence-corrected chi connectivity index (χ4v) is 2.60. The number of hydrogen-bond acceptors (Lipinski definition) is 3. The van der Waals surface area contributed by atoms with Crippen LogP contribution in [-0.2, 0) is 11.3 Å². The van der Waals surface area contributed by atoms with E-state index in [1.807, 2.05) is 24.3 Å². The first-order valence-electron chi connectivity index (χ1n) is 7.59. The van der Waals surface area contributed by atoms with Crippen molar-refractivity contribution in [1.29, 1.82) is 0 Å². The number of rotatable bonds is 4. The second kappa shape index (κ2) is 8.02. The van der Waals surface area contributed by atoms with Crippen LogP contribution in [0, 0.1) is 0 Å². The van der Waals surface area contributed by atoms with Gasteiger partial charge in [-0.25, -0.2) is 0 Å². The van der Waals surface area contributed by atoms with Gasteiger partial charge in [-0.2, -0.15) is 0 Å². The van der Waals surface area contributed by atoms with E-state index in [0.29, 0.717) is 13.1 Å². The molecule has 1 saturated heterocycles. The SMILES string of the molecule is NCc1ccc(NC(=O)CN2CCCCCCC2)cc1. The summed E-state index contributed by atoms with van der Waals surface area (Å²) in [4.78, 5) is 14.3. The van der Waals surface area contributed by atoms with E-state index in [9.17, 15) is 4.79 Å². The highest BCUT2D eigenvalue weighted by atomic mass is 16.2. The van der Waals surface area contributed by atoms with Gasteiger partial charge in [-0.3, -0.25) is 9.69 Å². The topological polar surface area (TPSA) is 58.4 Å². The van der Waals surface area contributed by atoms with E-state index in [1.54, 1.807) is 0 Å². The van der Waals surface area contributed by atoms with Gasteiger partial charge >= 0.3 is 0 Å². The van der Waals surface area contributed by atoms with Gasteiger partial charge in [-0.1, -0.05) is 31.4 Å². The first-order chi connectivity index (χ1) is 9.78. The van der Waals surface area contributed by atoms with Gasteiger partial charge in [0.25, 0.3) is 0 Å². The second-order valence-corrected chi connectivity index (χ2v) is 5.49. The maximum Gasteiger partial charge on any atom is 0.238 e. The first-order valence-corrected chi connectivity index (χ1v) is 7.59. The zero-order valence-electron chi connectivity index (χ0n) is 12.1. The van der Waals surface area contributed by atoms with Crippen LogP contribution in [0.15, 0.2) is 24.3 Å². The molecular weight excluding hydrogens is 250 g/mol. The number of nitrogens with one attached hydrogen (secondary N) is 1. The maximum atomic E-state index is 12.1. The van der Waals surface area contributed by atoms with E-state index in [1.165, 1.54) is 32.1 Å². The van der Waals surface area contributed by atoms with Crippen molar-refractivity contribution < 1.29 is 4.79 Å². The maximum absolute atomic E-state index is 12.1. The first kappa shape index (κ1) is 15.0. The van der Waals surface area contributed by atoms with E-state index in [-0.39, 0.29) is 5.91 Å². The second-order valence-electron chi connectivity index (χ2n) is 5.49. The molecule has 1 aliphatic rings. The molecule has 110 valence electrons. The molecule has 20 heavy (non-hydrogen) atoms. The molecule has 1 aromatic rings. The Bertz CT molecular complexity index is 408. The molecule has 0 aliphatic carbocycles. The van der Waals surface area contributed by atoms with E-state index in [4.69, 9.17) is 5.73 Å². The summed E-state index contributed by atoms with van der Waals surface area (Å²) in [5.74, 6) is 0.0751. The number of benzene rings is 1. The Hall–Kier alpha value is -1.39. The number of hydrogen-bond donors (Lipinski definition) is 2. The van der Waals surface area contributed by atoms with Crippen LogP contribution in [0.5, 0.6) is 0 Å². The lowest BCUT2D eigenvalue weighted by atomic mass is 10.1. The largest absolute Gasteiger partial charge is 0.326 e. The molecule has 2 rings (SSSR count). The molecule has 0 unspecified atom stereocenters. The third-order valence-electron chi connectivity index (χ3n) is 3.79. The van der Waals surface area contributed by atoms with E-state index >= 15 is 0 Å². The molecular formula is C16H25N3O. The predicted molar refractivity (Wildman–Crippen MR) is 82.5 cm³/mol. The lowest BCUT2D eigenvalue weighted by Crippen LogP contribution is -2.35. The number of carbonyl (C=O) groups excluding carboxylic acids is 1. The molecule has 0 spiro atoms. The van der Waals surface area contributed by atoms with Gasteiger partial charge in [0, 0.05) is 12.2 Å². The van der Waals surface area contributed by atoms with Gasteiger partial charge in [0.15, 0.2) is 0 Å². The Morgan fingerprint density at radius 1 is 1.05 bits per heavy atom. The van der Waals surface area contributed by atoms with Gasteiger partial charge in [-0.15, -0.1) is 0 Å². The van der Waals surface area contributed by atoms with Gasteiger partial charge < -0.3 is 11.1 Å². The van der Waals surface area contributed by atoms with Crippen molar-refractivity contribution in [2.24, 2.45) is 5.73 Å². The van der Waals surface area contributed by atoms with Crippen LogP contribution < -0.4 is 11.1 Å². The molecule has 4 nitrogen and oxygen atoms in total. The Morgan fingerprint density at radius 2 is 1.65 bits per heavy atom. The number of anilines is 1. The third kappa shape index (κ3) is 4.94. The van der Waals surface area contributed by atoms with Crippen molar-refractivity contribution in [2.75, 3.05) is 25.0 Å². The lowest BCUT2D eigenvalue weighted by molar-refractivity contribution is -0.117. The highest BCUT2D eigenvalue weighted by Gasteiger charge is 2.12. The zero-order valence-corrected chi connectivity index (χ0v) is 12.1. The number of amides is 1. The Kier molecular flexibility index (Phi) is 6.02. The van der Waals surface area contributed by atoms with Crippen LogP contribution >= 0.6 is 0 Å². The summed E-state index contributed by atoms with van der Waals surface area (Å²) in [6.45, 7) is 3.11. The Balaban J connectivity index is 1.81. The normalized spacial score (nSPS) is 17.2. The van der Waals surface area contributed by atoms with E-state index in [0.717, 1.165) is 24.3 Å². The molecule has 0 atom stereocenters. The molecule has 0 aromatic heterocycles. The predicted octanol–water partition coefficient (Wildman–Crippen LogP) is 2.35. The summed E-state index contributed by atoms with van der Waals surface area (Å²) in [5.41, 5.74) is 7.48. The van der Waals surface area contributed by atoms with Gasteiger partial charge in [0.05, 0.1) is 6.54 Å². The smallest absolute Gasteiger partial charge is 0.238 e. The van der Waals surface area contributed by atoms with Crippen molar-refractivity contribution >= 4 is 11.6 Å². The summed E-state index contributed by atoms with van der Waals surface area (Å²) in [7, 11) is 0. The number of likely N-dealkylation sites (tertiary alicyclic amines) is 1. The molecule has 1 fully saturated rings. The minimum atomic E-state index is 0.0751. The molecule has 0 bridgehead atoms. The third-order valence-corrected chi connectivity index (χ3v) is 3.79. The molecule has 4 heteroatoms. The fraction of sp³-hybridized carbons (Fsp3) is 0.562. The average Bonchev–Trinajstić information content (AvgIpc) is 2.42. The van der Waals surface area contributed by atoms with E-state index < -0.39 is 0 Å². The highest BCUT2D eigenvalue weighted by Crippen LogP contribution is 2.12. The molecule has 1 aromatic carbocycles. The summed E-state index contributed by atoms with van der Waals surface area (Å²) in [5, 5.41) is 2.96.